The summed E-state index contributed by atoms with van der Waals surface area (Å²) >= 11 is 0. The zero-order valence-corrected chi connectivity index (χ0v) is 18.7. The Labute approximate surface area is 179 Å². The molecule has 3 heterocycles. The number of sulfonamides is 1. The van der Waals surface area contributed by atoms with Crippen molar-refractivity contribution in [2.45, 2.75) is 70.2 Å². The molecule has 0 amide bonds. The maximum Gasteiger partial charge on any atom is 0.241 e. The van der Waals surface area contributed by atoms with Crippen molar-refractivity contribution < 1.29 is 13.2 Å². The Hall–Kier alpha value is -1.74. The highest BCUT2D eigenvalue weighted by atomic mass is 32.2. The van der Waals surface area contributed by atoms with Gasteiger partial charge in [0, 0.05) is 49.9 Å². The van der Waals surface area contributed by atoms with E-state index < -0.39 is 10.0 Å². The normalized spacial score (nSPS) is 18.5. The number of hydrogen-bond acceptors (Lipinski definition) is 5. The Bertz CT molecular complexity index is 978. The van der Waals surface area contributed by atoms with Crippen LogP contribution in [-0.4, -0.2) is 48.8 Å². The van der Waals surface area contributed by atoms with Crippen LogP contribution in [0.5, 0.6) is 0 Å². The highest BCUT2D eigenvalue weighted by Crippen LogP contribution is 2.24. The number of hydrogen-bond donors (Lipinski definition) is 1. The van der Waals surface area contributed by atoms with Gasteiger partial charge in [0.1, 0.15) is 0 Å². The third-order valence-electron chi connectivity index (χ3n) is 6.20. The monoisotopic (exact) mass is 432 g/mol. The minimum absolute atomic E-state index is 0.0263. The first-order valence-corrected chi connectivity index (χ1v) is 12.5. The van der Waals surface area contributed by atoms with Crippen LogP contribution >= 0.6 is 0 Å². The molecule has 2 aliphatic heterocycles. The van der Waals surface area contributed by atoms with E-state index in [1.807, 2.05) is 19.1 Å². The quantitative estimate of drug-likeness (QED) is 0.727. The van der Waals surface area contributed by atoms with Crippen LogP contribution in [-0.2, 0) is 47.3 Å². The summed E-state index contributed by atoms with van der Waals surface area (Å²) in [5, 5.41) is 4.83. The molecule has 0 atom stereocenters. The van der Waals surface area contributed by atoms with Gasteiger partial charge in [-0.2, -0.15) is 5.10 Å². The molecule has 8 heteroatoms. The first-order valence-electron chi connectivity index (χ1n) is 11.0. The number of ether oxygens (including phenoxy) is 1. The van der Waals surface area contributed by atoms with Gasteiger partial charge < -0.3 is 4.74 Å². The van der Waals surface area contributed by atoms with Gasteiger partial charge in [-0.05, 0) is 37.8 Å². The molecule has 1 aromatic heterocycles. The molecular formula is C22H32N4O3S. The third kappa shape index (κ3) is 4.46. The van der Waals surface area contributed by atoms with E-state index in [4.69, 9.17) is 9.84 Å². The molecule has 1 saturated heterocycles. The Morgan fingerprint density at radius 2 is 1.97 bits per heavy atom. The molecule has 0 saturated carbocycles. The Morgan fingerprint density at radius 3 is 2.70 bits per heavy atom. The summed E-state index contributed by atoms with van der Waals surface area (Å²) < 4.78 is 36.5. The molecule has 2 aliphatic rings. The van der Waals surface area contributed by atoms with Gasteiger partial charge in [-0.3, -0.25) is 9.58 Å². The number of piperidine rings is 1. The number of fused-ring (bicyclic) bond motifs is 1. The molecule has 164 valence electrons. The molecular weight excluding hydrogens is 400 g/mol. The minimum Gasteiger partial charge on any atom is -0.376 e. The highest BCUT2D eigenvalue weighted by Gasteiger charge is 2.28. The van der Waals surface area contributed by atoms with E-state index in [-0.39, 0.29) is 6.04 Å². The number of rotatable bonds is 7. The van der Waals surface area contributed by atoms with Crippen LogP contribution in [0.15, 0.2) is 29.2 Å². The maximum absolute atomic E-state index is 12.9. The molecule has 0 spiro atoms. The van der Waals surface area contributed by atoms with Crippen molar-refractivity contribution in [3.8, 4) is 0 Å². The number of aromatic nitrogens is 2. The minimum atomic E-state index is -3.49. The predicted molar refractivity (Wildman–Crippen MR) is 116 cm³/mol. The van der Waals surface area contributed by atoms with Crippen LogP contribution in [0.3, 0.4) is 0 Å². The molecule has 7 nitrogen and oxygen atoms in total. The van der Waals surface area contributed by atoms with Crippen LogP contribution in [0, 0.1) is 0 Å². The lowest BCUT2D eigenvalue weighted by molar-refractivity contribution is 0.107. The van der Waals surface area contributed by atoms with E-state index in [9.17, 15) is 8.42 Å². The summed E-state index contributed by atoms with van der Waals surface area (Å²) in [5.74, 6) is 0. The molecule has 30 heavy (non-hydrogen) atoms. The van der Waals surface area contributed by atoms with Crippen LogP contribution in [0.25, 0.3) is 0 Å². The lowest BCUT2D eigenvalue weighted by Crippen LogP contribution is -2.44. The maximum atomic E-state index is 12.9. The number of nitrogens with zero attached hydrogens (tertiary/aromatic N) is 3. The third-order valence-corrected chi connectivity index (χ3v) is 7.83. The Kier molecular flexibility index (Phi) is 6.57. The van der Waals surface area contributed by atoms with Gasteiger partial charge in [0.05, 0.1) is 23.8 Å². The number of benzene rings is 1. The zero-order valence-electron chi connectivity index (χ0n) is 17.9. The smallest absolute Gasteiger partial charge is 0.241 e. The zero-order chi connectivity index (χ0) is 21.1. The van der Waals surface area contributed by atoms with E-state index >= 15 is 0 Å². The molecule has 1 N–H and O–H groups in total. The molecule has 0 aliphatic carbocycles. The van der Waals surface area contributed by atoms with Crippen molar-refractivity contribution >= 4 is 10.0 Å². The van der Waals surface area contributed by atoms with E-state index in [0.717, 1.165) is 63.3 Å². The second kappa shape index (κ2) is 9.18. The van der Waals surface area contributed by atoms with Gasteiger partial charge >= 0.3 is 0 Å². The molecule has 4 rings (SSSR count). The standard InChI is InChI=1S/C22H32N4O3S/c1-3-17-7-5-6-8-22(17)30(27,28)24-18-9-12-25(13-10-18)15-20-19-16-29-14-11-21(19)26(4-2)23-20/h5-8,18,24H,3-4,9-16H2,1-2H3. The topological polar surface area (TPSA) is 76.5 Å². The van der Waals surface area contributed by atoms with E-state index in [1.54, 1.807) is 12.1 Å². The van der Waals surface area contributed by atoms with Gasteiger partial charge in [0.2, 0.25) is 10.0 Å². The van der Waals surface area contributed by atoms with E-state index in [2.05, 4.69) is 21.2 Å². The van der Waals surface area contributed by atoms with E-state index in [1.165, 1.54) is 11.3 Å². The van der Waals surface area contributed by atoms with Crippen molar-refractivity contribution in [3.63, 3.8) is 0 Å². The summed E-state index contributed by atoms with van der Waals surface area (Å²) in [6, 6.07) is 7.24. The molecule has 0 unspecified atom stereocenters. The fraction of sp³-hybridized carbons (Fsp3) is 0.591. The van der Waals surface area contributed by atoms with Crippen molar-refractivity contribution in [2.24, 2.45) is 0 Å². The van der Waals surface area contributed by atoms with E-state index in [0.29, 0.717) is 17.9 Å². The predicted octanol–water partition coefficient (Wildman–Crippen LogP) is 2.48. The molecule has 0 bridgehead atoms. The lowest BCUT2D eigenvalue weighted by Gasteiger charge is -2.32. The largest absolute Gasteiger partial charge is 0.376 e. The number of aryl methyl sites for hydroxylation is 2. The van der Waals surface area contributed by atoms with Crippen LogP contribution in [0.4, 0.5) is 0 Å². The van der Waals surface area contributed by atoms with Crippen LogP contribution in [0.2, 0.25) is 0 Å². The first-order chi connectivity index (χ1) is 14.5. The van der Waals surface area contributed by atoms with Gasteiger partial charge in [0.15, 0.2) is 0 Å². The van der Waals surface area contributed by atoms with Gasteiger partial charge in [-0.25, -0.2) is 13.1 Å². The summed E-state index contributed by atoms with van der Waals surface area (Å²) in [5.41, 5.74) is 4.54. The van der Waals surface area contributed by atoms with Crippen molar-refractivity contribution in [3.05, 3.63) is 46.8 Å². The van der Waals surface area contributed by atoms with Crippen molar-refractivity contribution in [2.75, 3.05) is 19.7 Å². The number of nitrogens with one attached hydrogen (secondary N) is 1. The fourth-order valence-electron chi connectivity index (χ4n) is 4.53. The summed E-state index contributed by atoms with van der Waals surface area (Å²) in [6.45, 7) is 8.93. The summed E-state index contributed by atoms with van der Waals surface area (Å²) in [6.07, 6.45) is 3.24. The summed E-state index contributed by atoms with van der Waals surface area (Å²) in [4.78, 5) is 2.79. The Balaban J connectivity index is 1.37. The second-order valence-electron chi connectivity index (χ2n) is 8.12. The van der Waals surface area contributed by atoms with Gasteiger partial charge in [-0.15, -0.1) is 0 Å². The second-order valence-corrected chi connectivity index (χ2v) is 9.81. The SMILES string of the molecule is CCc1ccccc1S(=O)(=O)NC1CCN(Cc2nn(CC)c3c2COCC3)CC1. The van der Waals surface area contributed by atoms with Crippen molar-refractivity contribution in [1.29, 1.82) is 0 Å². The average Bonchev–Trinajstić information content (AvgIpc) is 3.12. The first kappa shape index (κ1) is 21.5. The molecule has 0 radical (unpaired) electrons. The van der Waals surface area contributed by atoms with Gasteiger partial charge in [-0.1, -0.05) is 25.1 Å². The van der Waals surface area contributed by atoms with Crippen molar-refractivity contribution in [1.82, 2.24) is 19.4 Å². The summed E-state index contributed by atoms with van der Waals surface area (Å²) in [7, 11) is -3.49. The Morgan fingerprint density at radius 1 is 1.20 bits per heavy atom. The lowest BCUT2D eigenvalue weighted by atomic mass is 10.0. The van der Waals surface area contributed by atoms with Gasteiger partial charge in [0.25, 0.3) is 0 Å². The van der Waals surface area contributed by atoms with Crippen LogP contribution < -0.4 is 4.72 Å². The molecule has 1 aromatic carbocycles. The molecule has 1 fully saturated rings. The number of likely N-dealkylation sites (tertiary alicyclic amines) is 1. The highest BCUT2D eigenvalue weighted by molar-refractivity contribution is 7.89. The fourth-order valence-corrected chi connectivity index (χ4v) is 6.15. The molecule has 2 aromatic rings. The van der Waals surface area contributed by atoms with Crippen LogP contribution in [0.1, 0.15) is 49.2 Å². The average molecular weight is 433 g/mol.